The number of hydrogen-bond donors (Lipinski definition) is 2. The van der Waals surface area contributed by atoms with Crippen molar-refractivity contribution in [2.45, 2.75) is 50.9 Å². The maximum absolute atomic E-state index is 12.0. The molecule has 1 atom stereocenters. The summed E-state index contributed by atoms with van der Waals surface area (Å²) in [6.07, 6.45) is 3.11. The minimum Gasteiger partial charge on any atom is -0.394 e. The minimum absolute atomic E-state index is 0.0236. The molecule has 0 aromatic carbocycles. The number of hydrogen-bond acceptors (Lipinski definition) is 3. The molecule has 1 aliphatic carbocycles. The van der Waals surface area contributed by atoms with Crippen molar-refractivity contribution in [1.29, 1.82) is 0 Å². The normalized spacial score (nSPS) is 28.6. The number of ether oxygens (including phenoxy) is 1. The van der Waals surface area contributed by atoms with E-state index in [2.05, 4.69) is 5.32 Å². The Bertz CT molecular complexity index is 289. The van der Waals surface area contributed by atoms with Gasteiger partial charge in [0.1, 0.15) is 0 Å². The minimum atomic E-state index is -0.386. The van der Waals surface area contributed by atoms with Gasteiger partial charge in [-0.1, -0.05) is 0 Å². The molecule has 5 heteroatoms. The van der Waals surface area contributed by atoms with E-state index in [9.17, 15) is 9.90 Å². The molecule has 2 fully saturated rings. The van der Waals surface area contributed by atoms with Gasteiger partial charge in [0.2, 0.25) is 0 Å². The van der Waals surface area contributed by atoms with Crippen LogP contribution in [0.3, 0.4) is 0 Å². The molecular formula is C12H22N2O3. The van der Waals surface area contributed by atoms with Crippen LogP contribution in [-0.4, -0.2) is 53.5 Å². The summed E-state index contributed by atoms with van der Waals surface area (Å²) in [4.78, 5) is 13.8. The van der Waals surface area contributed by atoms with Gasteiger partial charge in [-0.2, -0.15) is 0 Å². The van der Waals surface area contributed by atoms with E-state index in [-0.39, 0.29) is 24.3 Å². The van der Waals surface area contributed by atoms with Crippen LogP contribution in [0, 0.1) is 0 Å². The van der Waals surface area contributed by atoms with Crippen LogP contribution in [0.2, 0.25) is 0 Å². The lowest BCUT2D eigenvalue weighted by molar-refractivity contribution is -0.138. The van der Waals surface area contributed by atoms with E-state index in [0.717, 1.165) is 12.8 Å². The number of nitrogens with zero attached hydrogens (tertiary/aromatic N) is 1. The van der Waals surface area contributed by atoms with E-state index < -0.39 is 0 Å². The molecule has 2 rings (SSSR count). The molecule has 1 saturated carbocycles. The molecule has 0 radical (unpaired) electrons. The van der Waals surface area contributed by atoms with Crippen molar-refractivity contribution in [3.8, 4) is 0 Å². The van der Waals surface area contributed by atoms with E-state index >= 15 is 0 Å². The molecule has 0 spiro atoms. The molecule has 0 bridgehead atoms. The SMILES string of the molecule is CC1(C)CN(C(=O)NC2CCC2)CC(CO)O1. The topological polar surface area (TPSA) is 61.8 Å². The fraction of sp³-hybridized carbons (Fsp3) is 0.917. The smallest absolute Gasteiger partial charge is 0.317 e. The first-order valence-corrected chi connectivity index (χ1v) is 6.34. The number of amides is 2. The summed E-state index contributed by atoms with van der Waals surface area (Å²) in [5.74, 6) is 0. The van der Waals surface area contributed by atoms with Crippen LogP contribution < -0.4 is 5.32 Å². The number of rotatable bonds is 2. The number of aliphatic hydroxyl groups is 1. The molecule has 2 amide bonds. The highest BCUT2D eigenvalue weighted by atomic mass is 16.5. The highest BCUT2D eigenvalue weighted by molar-refractivity contribution is 5.74. The Kier molecular flexibility index (Phi) is 3.58. The van der Waals surface area contributed by atoms with E-state index in [4.69, 9.17) is 4.74 Å². The van der Waals surface area contributed by atoms with Gasteiger partial charge in [0.25, 0.3) is 0 Å². The van der Waals surface area contributed by atoms with Crippen molar-refractivity contribution in [1.82, 2.24) is 10.2 Å². The van der Waals surface area contributed by atoms with Crippen LogP contribution in [0.25, 0.3) is 0 Å². The molecule has 2 aliphatic rings. The molecule has 1 aliphatic heterocycles. The number of morpholine rings is 1. The van der Waals surface area contributed by atoms with Crippen molar-refractivity contribution in [3.63, 3.8) is 0 Å². The molecule has 98 valence electrons. The number of carbonyl (C=O) groups is 1. The van der Waals surface area contributed by atoms with Crippen LogP contribution in [0.4, 0.5) is 4.79 Å². The second kappa shape index (κ2) is 4.82. The van der Waals surface area contributed by atoms with Crippen molar-refractivity contribution >= 4 is 6.03 Å². The summed E-state index contributed by atoms with van der Waals surface area (Å²) < 4.78 is 5.68. The molecule has 1 heterocycles. The molecule has 5 nitrogen and oxygen atoms in total. The van der Waals surface area contributed by atoms with E-state index in [1.54, 1.807) is 4.90 Å². The standard InChI is InChI=1S/C12H22N2O3/c1-12(2)8-14(6-10(7-15)17-12)11(16)13-9-4-3-5-9/h9-10,15H,3-8H2,1-2H3,(H,13,16). The van der Waals surface area contributed by atoms with E-state index in [1.165, 1.54) is 6.42 Å². The Balaban J connectivity index is 1.91. The van der Waals surface area contributed by atoms with Gasteiger partial charge in [-0.3, -0.25) is 0 Å². The van der Waals surface area contributed by atoms with Crippen molar-refractivity contribution in [2.24, 2.45) is 0 Å². The number of urea groups is 1. The third-order valence-electron chi connectivity index (χ3n) is 3.40. The Hall–Kier alpha value is -0.810. The fourth-order valence-corrected chi connectivity index (χ4v) is 2.36. The van der Waals surface area contributed by atoms with Gasteiger partial charge in [-0.15, -0.1) is 0 Å². The van der Waals surface area contributed by atoms with Crippen molar-refractivity contribution in [3.05, 3.63) is 0 Å². The Morgan fingerprint density at radius 2 is 2.24 bits per heavy atom. The number of carbonyl (C=O) groups excluding carboxylic acids is 1. The molecule has 1 unspecified atom stereocenters. The average Bonchev–Trinajstić information content (AvgIpc) is 2.20. The summed E-state index contributed by atoms with van der Waals surface area (Å²) in [7, 11) is 0. The zero-order chi connectivity index (χ0) is 12.5. The van der Waals surface area contributed by atoms with Crippen LogP contribution in [0.15, 0.2) is 0 Å². The first-order chi connectivity index (χ1) is 8.00. The molecule has 0 aromatic rings. The first-order valence-electron chi connectivity index (χ1n) is 6.34. The predicted octanol–water partition coefficient (Wildman–Crippen LogP) is 0.720. The fourth-order valence-electron chi connectivity index (χ4n) is 2.36. The maximum atomic E-state index is 12.0. The summed E-state index contributed by atoms with van der Waals surface area (Å²) >= 11 is 0. The Labute approximate surface area is 102 Å². The van der Waals surface area contributed by atoms with Crippen LogP contribution in [-0.2, 0) is 4.74 Å². The van der Waals surface area contributed by atoms with Crippen LogP contribution in [0.1, 0.15) is 33.1 Å². The summed E-state index contributed by atoms with van der Waals surface area (Å²) in [6.45, 7) is 4.88. The second-order valence-corrected chi connectivity index (χ2v) is 5.64. The third kappa shape index (κ3) is 3.10. The van der Waals surface area contributed by atoms with Gasteiger partial charge < -0.3 is 20.1 Å². The van der Waals surface area contributed by atoms with Gasteiger partial charge in [0, 0.05) is 6.04 Å². The molecule has 17 heavy (non-hydrogen) atoms. The first kappa shape index (κ1) is 12.6. The average molecular weight is 242 g/mol. The lowest BCUT2D eigenvalue weighted by Gasteiger charge is -2.43. The predicted molar refractivity (Wildman–Crippen MR) is 63.8 cm³/mol. The summed E-state index contributed by atoms with van der Waals surface area (Å²) in [5, 5.41) is 12.2. The lowest BCUT2D eigenvalue weighted by Crippen LogP contribution is -2.59. The number of nitrogens with one attached hydrogen (secondary N) is 1. The van der Waals surface area contributed by atoms with Gasteiger partial charge in [-0.05, 0) is 33.1 Å². The Morgan fingerprint density at radius 3 is 2.76 bits per heavy atom. The second-order valence-electron chi connectivity index (χ2n) is 5.64. The Morgan fingerprint density at radius 1 is 1.53 bits per heavy atom. The van der Waals surface area contributed by atoms with Gasteiger partial charge in [0.15, 0.2) is 0 Å². The zero-order valence-electron chi connectivity index (χ0n) is 10.6. The van der Waals surface area contributed by atoms with Crippen LogP contribution in [0.5, 0.6) is 0 Å². The lowest BCUT2D eigenvalue weighted by atomic mass is 9.93. The molecule has 2 N–H and O–H groups in total. The third-order valence-corrected chi connectivity index (χ3v) is 3.40. The molecule has 0 aromatic heterocycles. The van der Waals surface area contributed by atoms with E-state index in [0.29, 0.717) is 19.1 Å². The van der Waals surface area contributed by atoms with Gasteiger partial charge in [0.05, 0.1) is 31.4 Å². The highest BCUT2D eigenvalue weighted by Gasteiger charge is 2.36. The molecular weight excluding hydrogens is 220 g/mol. The van der Waals surface area contributed by atoms with Crippen molar-refractivity contribution < 1.29 is 14.6 Å². The maximum Gasteiger partial charge on any atom is 0.317 e. The highest BCUT2D eigenvalue weighted by Crippen LogP contribution is 2.22. The molecule has 1 saturated heterocycles. The van der Waals surface area contributed by atoms with Crippen LogP contribution >= 0.6 is 0 Å². The van der Waals surface area contributed by atoms with E-state index in [1.807, 2.05) is 13.8 Å². The van der Waals surface area contributed by atoms with Gasteiger partial charge in [-0.25, -0.2) is 4.79 Å². The summed E-state index contributed by atoms with van der Waals surface area (Å²) in [6, 6.07) is 0.325. The summed E-state index contributed by atoms with van der Waals surface area (Å²) in [5.41, 5.74) is -0.386. The number of aliphatic hydroxyl groups excluding tert-OH is 1. The van der Waals surface area contributed by atoms with Gasteiger partial charge >= 0.3 is 6.03 Å². The monoisotopic (exact) mass is 242 g/mol. The zero-order valence-corrected chi connectivity index (χ0v) is 10.6. The van der Waals surface area contributed by atoms with Crippen molar-refractivity contribution in [2.75, 3.05) is 19.7 Å². The largest absolute Gasteiger partial charge is 0.394 e. The quantitative estimate of drug-likeness (QED) is 0.750.